The number of amides is 1. The Morgan fingerprint density at radius 1 is 1.24 bits per heavy atom. The fourth-order valence-electron chi connectivity index (χ4n) is 2.23. The van der Waals surface area contributed by atoms with Gasteiger partial charge in [0.15, 0.2) is 0 Å². The van der Waals surface area contributed by atoms with E-state index in [1.54, 1.807) is 25.3 Å². The molecule has 0 aromatic heterocycles. The number of carbonyl (C=O) groups excluding carboxylic acids is 1. The van der Waals surface area contributed by atoms with Crippen LogP contribution >= 0.6 is 11.6 Å². The van der Waals surface area contributed by atoms with Crippen LogP contribution in [0.5, 0.6) is 0 Å². The van der Waals surface area contributed by atoms with E-state index < -0.39 is 10.8 Å². The molecule has 0 saturated carbocycles. The minimum absolute atomic E-state index is 0.157. The van der Waals surface area contributed by atoms with Gasteiger partial charge in [0.1, 0.15) is 0 Å². The van der Waals surface area contributed by atoms with Crippen molar-refractivity contribution < 1.29 is 14.5 Å². The summed E-state index contributed by atoms with van der Waals surface area (Å²) in [4.78, 5) is 23.1. The fraction of sp³-hybridized carbons (Fsp3) is 0.235. The lowest BCUT2D eigenvalue weighted by Gasteiger charge is -2.13. The van der Waals surface area contributed by atoms with Crippen LogP contribution in [-0.4, -0.2) is 31.1 Å². The Bertz CT molecular complexity index is 795. The largest absolute Gasteiger partial charge is 0.383 e. The molecule has 2 aromatic rings. The van der Waals surface area contributed by atoms with Crippen LogP contribution in [0.4, 0.5) is 17.1 Å². The molecule has 0 spiro atoms. The number of anilines is 2. The number of benzene rings is 2. The second-order valence-corrected chi connectivity index (χ2v) is 5.76. The number of nitrogens with zero attached hydrogens (tertiary/aromatic N) is 1. The molecule has 25 heavy (non-hydrogen) atoms. The smallest absolute Gasteiger partial charge is 0.270 e. The third-order valence-corrected chi connectivity index (χ3v) is 3.75. The number of carbonyl (C=O) groups is 1. The number of nitrogens with one attached hydrogen (secondary N) is 2. The molecule has 0 atom stereocenters. The van der Waals surface area contributed by atoms with Gasteiger partial charge in [-0.15, -0.1) is 0 Å². The normalized spacial score (nSPS) is 10.4. The van der Waals surface area contributed by atoms with Gasteiger partial charge >= 0.3 is 0 Å². The van der Waals surface area contributed by atoms with Crippen LogP contribution in [0.2, 0.25) is 5.02 Å². The molecule has 0 heterocycles. The summed E-state index contributed by atoms with van der Waals surface area (Å²) in [7, 11) is 1.56. The summed E-state index contributed by atoms with van der Waals surface area (Å²) in [5.74, 6) is -0.450. The van der Waals surface area contributed by atoms with Gasteiger partial charge in [-0.25, -0.2) is 0 Å². The minimum atomic E-state index is -0.538. The monoisotopic (exact) mass is 363 g/mol. The average molecular weight is 364 g/mol. The molecular formula is C17H18ClN3O4. The lowest BCUT2D eigenvalue weighted by atomic mass is 10.1. The van der Waals surface area contributed by atoms with Gasteiger partial charge < -0.3 is 15.4 Å². The Kier molecular flexibility index (Phi) is 6.32. The van der Waals surface area contributed by atoms with Crippen LogP contribution in [0.25, 0.3) is 0 Å². The van der Waals surface area contributed by atoms with Crippen molar-refractivity contribution in [3.63, 3.8) is 0 Å². The van der Waals surface area contributed by atoms with Gasteiger partial charge in [0.25, 0.3) is 11.6 Å². The SMILES string of the molecule is COCCNc1ccc([N+](=O)[O-])cc1C(=O)Nc1ccc(Cl)cc1C. The molecule has 0 saturated heterocycles. The van der Waals surface area contributed by atoms with E-state index in [4.69, 9.17) is 16.3 Å². The van der Waals surface area contributed by atoms with Gasteiger partial charge in [-0.05, 0) is 36.8 Å². The molecule has 0 fully saturated rings. The zero-order chi connectivity index (χ0) is 18.4. The Morgan fingerprint density at radius 3 is 2.60 bits per heavy atom. The number of methoxy groups -OCH3 is 1. The molecule has 7 nitrogen and oxygen atoms in total. The summed E-state index contributed by atoms with van der Waals surface area (Å²) in [6.45, 7) is 2.72. The molecule has 0 aliphatic carbocycles. The number of rotatable bonds is 7. The standard InChI is InChI=1S/C17H18ClN3O4/c1-11-9-12(18)3-5-15(11)20-17(22)14-10-13(21(23)24)4-6-16(14)19-7-8-25-2/h3-6,9-10,19H,7-8H2,1-2H3,(H,20,22). The summed E-state index contributed by atoms with van der Waals surface area (Å²) in [6.07, 6.45) is 0. The van der Waals surface area contributed by atoms with E-state index in [-0.39, 0.29) is 11.3 Å². The zero-order valence-electron chi connectivity index (χ0n) is 13.8. The van der Waals surface area contributed by atoms with Crippen molar-refractivity contribution >= 4 is 34.6 Å². The molecular weight excluding hydrogens is 346 g/mol. The highest BCUT2D eigenvalue weighted by molar-refractivity contribution is 6.30. The first-order valence-electron chi connectivity index (χ1n) is 7.51. The molecule has 1 amide bonds. The maximum absolute atomic E-state index is 12.6. The summed E-state index contributed by atoms with van der Waals surface area (Å²) in [5, 5.41) is 17.4. The van der Waals surface area contributed by atoms with Gasteiger partial charge in [0.05, 0.1) is 17.1 Å². The van der Waals surface area contributed by atoms with Crippen LogP contribution in [0.1, 0.15) is 15.9 Å². The van der Waals surface area contributed by atoms with E-state index in [1.807, 2.05) is 6.92 Å². The van der Waals surface area contributed by atoms with Crippen molar-refractivity contribution in [3.8, 4) is 0 Å². The summed E-state index contributed by atoms with van der Waals surface area (Å²) in [5.41, 5.74) is 1.89. The topological polar surface area (TPSA) is 93.5 Å². The van der Waals surface area contributed by atoms with Gasteiger partial charge in [-0.1, -0.05) is 11.6 Å². The predicted octanol–water partition coefficient (Wildman–Crippen LogP) is 3.87. The van der Waals surface area contributed by atoms with Gasteiger partial charge in [0.2, 0.25) is 0 Å². The van der Waals surface area contributed by atoms with E-state index >= 15 is 0 Å². The molecule has 8 heteroatoms. The van der Waals surface area contributed by atoms with Crippen LogP contribution < -0.4 is 10.6 Å². The molecule has 0 aliphatic heterocycles. The highest BCUT2D eigenvalue weighted by Crippen LogP contribution is 2.25. The van der Waals surface area contributed by atoms with Crippen molar-refractivity contribution in [2.24, 2.45) is 0 Å². The first-order chi connectivity index (χ1) is 11.9. The lowest BCUT2D eigenvalue weighted by Crippen LogP contribution is -2.17. The van der Waals surface area contributed by atoms with Gasteiger partial charge in [0, 0.05) is 42.2 Å². The third kappa shape index (κ3) is 4.91. The number of aryl methyl sites for hydroxylation is 1. The van der Waals surface area contributed by atoms with Crippen molar-refractivity contribution in [1.29, 1.82) is 0 Å². The van der Waals surface area contributed by atoms with E-state index in [2.05, 4.69) is 10.6 Å². The number of hydrogen-bond acceptors (Lipinski definition) is 5. The predicted molar refractivity (Wildman–Crippen MR) is 97.6 cm³/mol. The molecule has 0 unspecified atom stereocenters. The molecule has 2 aromatic carbocycles. The molecule has 2 N–H and O–H groups in total. The average Bonchev–Trinajstić information content (AvgIpc) is 2.57. The van der Waals surface area contributed by atoms with E-state index in [9.17, 15) is 14.9 Å². The molecule has 2 rings (SSSR count). The quantitative estimate of drug-likeness (QED) is 0.442. The van der Waals surface area contributed by atoms with E-state index in [0.717, 1.165) is 5.56 Å². The number of ether oxygens (including phenoxy) is 1. The first-order valence-corrected chi connectivity index (χ1v) is 7.89. The lowest BCUT2D eigenvalue weighted by molar-refractivity contribution is -0.384. The van der Waals surface area contributed by atoms with E-state index in [0.29, 0.717) is 29.5 Å². The number of nitro groups is 1. The van der Waals surface area contributed by atoms with E-state index in [1.165, 1.54) is 18.2 Å². The van der Waals surface area contributed by atoms with Crippen LogP contribution in [0.3, 0.4) is 0 Å². The fourth-order valence-corrected chi connectivity index (χ4v) is 2.46. The van der Waals surface area contributed by atoms with Crippen molar-refractivity contribution in [3.05, 3.63) is 62.7 Å². The third-order valence-electron chi connectivity index (χ3n) is 3.52. The Balaban J connectivity index is 2.31. The van der Waals surface area contributed by atoms with Crippen LogP contribution in [0, 0.1) is 17.0 Å². The highest BCUT2D eigenvalue weighted by atomic mass is 35.5. The summed E-state index contributed by atoms with van der Waals surface area (Å²) < 4.78 is 4.96. The number of hydrogen-bond donors (Lipinski definition) is 2. The highest BCUT2D eigenvalue weighted by Gasteiger charge is 2.17. The number of non-ortho nitro benzene ring substituents is 1. The first kappa shape index (κ1) is 18.7. The number of halogens is 1. The zero-order valence-corrected chi connectivity index (χ0v) is 14.6. The Hall–Kier alpha value is -2.64. The minimum Gasteiger partial charge on any atom is -0.383 e. The molecule has 0 bridgehead atoms. The Labute approximate surface area is 150 Å². The van der Waals surface area contributed by atoms with Crippen LogP contribution in [-0.2, 0) is 4.74 Å². The van der Waals surface area contributed by atoms with Crippen molar-refractivity contribution in [2.45, 2.75) is 6.92 Å². The summed E-state index contributed by atoms with van der Waals surface area (Å²) in [6, 6.07) is 9.18. The second kappa shape index (κ2) is 8.46. The van der Waals surface area contributed by atoms with Crippen molar-refractivity contribution in [1.82, 2.24) is 0 Å². The van der Waals surface area contributed by atoms with Crippen LogP contribution in [0.15, 0.2) is 36.4 Å². The molecule has 132 valence electrons. The maximum atomic E-state index is 12.6. The molecule has 0 radical (unpaired) electrons. The Morgan fingerprint density at radius 2 is 1.96 bits per heavy atom. The number of nitro benzene ring substituents is 1. The van der Waals surface area contributed by atoms with Crippen molar-refractivity contribution in [2.75, 3.05) is 30.9 Å². The van der Waals surface area contributed by atoms with Gasteiger partial charge in [-0.2, -0.15) is 0 Å². The molecule has 0 aliphatic rings. The van der Waals surface area contributed by atoms with Gasteiger partial charge in [-0.3, -0.25) is 14.9 Å². The second-order valence-electron chi connectivity index (χ2n) is 5.32. The maximum Gasteiger partial charge on any atom is 0.270 e. The summed E-state index contributed by atoms with van der Waals surface area (Å²) >= 11 is 5.91.